The van der Waals surface area contributed by atoms with Gasteiger partial charge in [0.25, 0.3) is 0 Å². The molecule has 0 fully saturated rings. The van der Waals surface area contributed by atoms with Gasteiger partial charge in [0.15, 0.2) is 6.19 Å². The van der Waals surface area contributed by atoms with Crippen molar-refractivity contribution in [3.05, 3.63) is 35.9 Å². The summed E-state index contributed by atoms with van der Waals surface area (Å²) in [5, 5.41) is 8.80. The molecule has 0 spiro atoms. The number of carbonyl (C=O) groups is 1. The molecule has 4 nitrogen and oxygen atoms in total. The van der Waals surface area contributed by atoms with E-state index in [-0.39, 0.29) is 6.54 Å². The fourth-order valence-corrected chi connectivity index (χ4v) is 1.15. The lowest BCUT2D eigenvalue weighted by molar-refractivity contribution is -0.141. The number of esters is 1. The first-order chi connectivity index (χ1) is 7.26. The molecular weight excluding hydrogens is 192 g/mol. The topological polar surface area (TPSA) is 53.3 Å². The molecule has 0 N–H and O–H groups in total. The SMILES string of the molecule is COC(=O)CN(C#N)Cc1ccccc1. The van der Waals surface area contributed by atoms with Crippen LogP contribution in [-0.2, 0) is 16.1 Å². The predicted octanol–water partition coefficient (Wildman–Crippen LogP) is 1.14. The number of nitrogens with zero attached hydrogens (tertiary/aromatic N) is 2. The number of carbonyl (C=O) groups excluding carboxylic acids is 1. The molecule has 1 rings (SSSR count). The van der Waals surface area contributed by atoms with Crippen molar-refractivity contribution >= 4 is 5.97 Å². The van der Waals surface area contributed by atoms with Gasteiger partial charge in [-0.15, -0.1) is 0 Å². The van der Waals surface area contributed by atoms with Crippen LogP contribution < -0.4 is 0 Å². The molecule has 15 heavy (non-hydrogen) atoms. The highest BCUT2D eigenvalue weighted by Gasteiger charge is 2.08. The Hall–Kier alpha value is -2.02. The van der Waals surface area contributed by atoms with Gasteiger partial charge >= 0.3 is 5.97 Å². The van der Waals surface area contributed by atoms with Crippen molar-refractivity contribution in [2.45, 2.75) is 6.54 Å². The van der Waals surface area contributed by atoms with E-state index < -0.39 is 5.97 Å². The molecule has 1 aromatic carbocycles. The van der Waals surface area contributed by atoms with Gasteiger partial charge in [-0.2, -0.15) is 5.26 Å². The van der Waals surface area contributed by atoms with Crippen LogP contribution in [0.4, 0.5) is 0 Å². The van der Waals surface area contributed by atoms with E-state index in [0.29, 0.717) is 6.54 Å². The van der Waals surface area contributed by atoms with E-state index in [1.54, 1.807) is 0 Å². The first-order valence-electron chi connectivity index (χ1n) is 4.51. The largest absolute Gasteiger partial charge is 0.468 e. The summed E-state index contributed by atoms with van der Waals surface area (Å²) in [5.41, 5.74) is 0.989. The second kappa shape index (κ2) is 5.66. The zero-order chi connectivity index (χ0) is 11.1. The number of methoxy groups -OCH3 is 1. The van der Waals surface area contributed by atoms with Gasteiger partial charge in [-0.25, -0.2) is 0 Å². The molecule has 0 amide bonds. The van der Waals surface area contributed by atoms with Gasteiger partial charge in [-0.3, -0.25) is 9.69 Å². The summed E-state index contributed by atoms with van der Waals surface area (Å²) in [6.45, 7) is 0.411. The van der Waals surface area contributed by atoms with Crippen molar-refractivity contribution in [1.82, 2.24) is 4.90 Å². The van der Waals surface area contributed by atoms with Crippen LogP contribution in [0, 0.1) is 11.5 Å². The third-order valence-electron chi connectivity index (χ3n) is 1.91. The fourth-order valence-electron chi connectivity index (χ4n) is 1.15. The second-order valence-electron chi connectivity index (χ2n) is 3.02. The highest BCUT2D eigenvalue weighted by molar-refractivity contribution is 5.71. The molecule has 0 aliphatic heterocycles. The van der Waals surface area contributed by atoms with Gasteiger partial charge in [0.2, 0.25) is 0 Å². The monoisotopic (exact) mass is 204 g/mol. The van der Waals surface area contributed by atoms with Gasteiger partial charge in [0.1, 0.15) is 6.54 Å². The molecule has 0 aliphatic carbocycles. The number of ether oxygens (including phenoxy) is 1. The quantitative estimate of drug-likeness (QED) is 0.419. The lowest BCUT2D eigenvalue weighted by atomic mass is 10.2. The molecule has 4 heteroatoms. The van der Waals surface area contributed by atoms with Crippen molar-refractivity contribution in [1.29, 1.82) is 5.26 Å². The summed E-state index contributed by atoms with van der Waals surface area (Å²) in [7, 11) is 1.31. The lowest BCUT2D eigenvalue weighted by Crippen LogP contribution is -2.25. The maximum atomic E-state index is 11.0. The van der Waals surface area contributed by atoms with E-state index in [2.05, 4.69) is 4.74 Å². The molecule has 0 heterocycles. The van der Waals surface area contributed by atoms with Gasteiger partial charge in [-0.1, -0.05) is 30.3 Å². The Labute approximate surface area is 88.7 Å². The van der Waals surface area contributed by atoms with Gasteiger partial charge in [0.05, 0.1) is 13.7 Å². The van der Waals surface area contributed by atoms with Crippen molar-refractivity contribution < 1.29 is 9.53 Å². The number of nitriles is 1. The van der Waals surface area contributed by atoms with Gasteiger partial charge in [0, 0.05) is 0 Å². The van der Waals surface area contributed by atoms with E-state index in [4.69, 9.17) is 5.26 Å². The minimum Gasteiger partial charge on any atom is -0.468 e. The second-order valence-corrected chi connectivity index (χ2v) is 3.02. The molecule has 0 bridgehead atoms. The van der Waals surface area contributed by atoms with Crippen LogP contribution in [0.15, 0.2) is 30.3 Å². The molecule has 1 aromatic rings. The van der Waals surface area contributed by atoms with Crippen molar-refractivity contribution in [2.75, 3.05) is 13.7 Å². The number of hydrogen-bond acceptors (Lipinski definition) is 4. The molecule has 0 atom stereocenters. The predicted molar refractivity (Wildman–Crippen MR) is 54.5 cm³/mol. The van der Waals surface area contributed by atoms with E-state index in [1.165, 1.54) is 12.0 Å². The highest BCUT2D eigenvalue weighted by Crippen LogP contribution is 2.03. The van der Waals surface area contributed by atoms with Crippen LogP contribution in [0.25, 0.3) is 0 Å². The number of rotatable bonds is 4. The molecule has 0 radical (unpaired) electrons. The zero-order valence-corrected chi connectivity index (χ0v) is 8.51. The van der Waals surface area contributed by atoms with E-state index in [0.717, 1.165) is 5.56 Å². The molecular formula is C11H12N2O2. The van der Waals surface area contributed by atoms with Crippen LogP contribution in [0.2, 0.25) is 0 Å². The normalized spacial score (nSPS) is 9.07. The third-order valence-corrected chi connectivity index (χ3v) is 1.91. The van der Waals surface area contributed by atoms with E-state index in [1.807, 2.05) is 36.5 Å². The Kier molecular flexibility index (Phi) is 4.17. The molecule has 0 saturated heterocycles. The van der Waals surface area contributed by atoms with Crippen molar-refractivity contribution in [3.63, 3.8) is 0 Å². The van der Waals surface area contributed by atoms with Crippen LogP contribution >= 0.6 is 0 Å². The minimum absolute atomic E-state index is 0.0120. The highest BCUT2D eigenvalue weighted by atomic mass is 16.5. The minimum atomic E-state index is -0.410. The summed E-state index contributed by atoms with van der Waals surface area (Å²) in [4.78, 5) is 12.3. The molecule has 0 aromatic heterocycles. The summed E-state index contributed by atoms with van der Waals surface area (Å²) >= 11 is 0. The van der Waals surface area contributed by atoms with Crippen LogP contribution in [-0.4, -0.2) is 24.5 Å². The lowest BCUT2D eigenvalue weighted by Gasteiger charge is -2.13. The Morgan fingerprint density at radius 1 is 1.47 bits per heavy atom. The molecule has 0 unspecified atom stereocenters. The zero-order valence-electron chi connectivity index (χ0n) is 8.51. The third kappa shape index (κ3) is 3.69. The maximum absolute atomic E-state index is 11.0. The summed E-state index contributed by atoms with van der Waals surface area (Å²) in [6, 6.07) is 9.50. The van der Waals surface area contributed by atoms with E-state index >= 15 is 0 Å². The Balaban J connectivity index is 2.55. The number of hydrogen-bond donors (Lipinski definition) is 0. The Morgan fingerprint density at radius 3 is 2.67 bits per heavy atom. The molecule has 78 valence electrons. The Bertz CT molecular complexity index is 357. The average molecular weight is 204 g/mol. The first kappa shape index (κ1) is 11.1. The fraction of sp³-hybridized carbons (Fsp3) is 0.273. The Morgan fingerprint density at radius 2 is 2.13 bits per heavy atom. The van der Waals surface area contributed by atoms with Crippen molar-refractivity contribution in [3.8, 4) is 6.19 Å². The number of benzene rings is 1. The molecule has 0 saturated carbocycles. The van der Waals surface area contributed by atoms with Crippen LogP contribution in [0.3, 0.4) is 0 Å². The van der Waals surface area contributed by atoms with Gasteiger partial charge in [-0.05, 0) is 5.56 Å². The summed E-state index contributed by atoms with van der Waals surface area (Å²) in [6.07, 6.45) is 1.95. The van der Waals surface area contributed by atoms with Gasteiger partial charge < -0.3 is 4.74 Å². The average Bonchev–Trinajstić information content (AvgIpc) is 2.29. The molecule has 0 aliphatic rings. The van der Waals surface area contributed by atoms with Crippen LogP contribution in [0.1, 0.15) is 5.56 Å². The van der Waals surface area contributed by atoms with Crippen LogP contribution in [0.5, 0.6) is 0 Å². The van der Waals surface area contributed by atoms with Crippen molar-refractivity contribution in [2.24, 2.45) is 0 Å². The smallest absolute Gasteiger partial charge is 0.326 e. The summed E-state index contributed by atoms with van der Waals surface area (Å²) < 4.78 is 4.49. The summed E-state index contributed by atoms with van der Waals surface area (Å²) in [5.74, 6) is -0.410. The first-order valence-corrected chi connectivity index (χ1v) is 4.51. The standard InChI is InChI=1S/C11H12N2O2/c1-15-11(14)8-13(9-12)7-10-5-3-2-4-6-10/h2-6H,7-8H2,1H3. The maximum Gasteiger partial charge on any atom is 0.326 e. The van der Waals surface area contributed by atoms with E-state index in [9.17, 15) is 4.79 Å².